The molecular formula is C11H11N5O2. The van der Waals surface area contributed by atoms with Gasteiger partial charge in [-0.1, -0.05) is 6.92 Å². The molecule has 7 nitrogen and oxygen atoms in total. The smallest absolute Gasteiger partial charge is 0.269 e. The molecule has 0 aliphatic heterocycles. The molecule has 0 spiro atoms. The summed E-state index contributed by atoms with van der Waals surface area (Å²) in [6, 6.07) is 5.99. The zero-order valence-corrected chi connectivity index (χ0v) is 9.70. The molecule has 7 heteroatoms. The standard InChI is InChI=1S/C11H11N5O2/c1-2-9-13-10(15-11(12)14-9)7-3-5-8(6-4-7)16(17)18/h3-6H,2H2,1H3,(H2,12,13,14,15). The second-order valence-corrected chi connectivity index (χ2v) is 3.59. The summed E-state index contributed by atoms with van der Waals surface area (Å²) in [5.41, 5.74) is 6.28. The lowest BCUT2D eigenvalue weighted by Gasteiger charge is -2.03. The minimum atomic E-state index is -0.455. The molecule has 0 saturated heterocycles. The van der Waals surface area contributed by atoms with Crippen LogP contribution in [0.5, 0.6) is 0 Å². The second kappa shape index (κ2) is 4.74. The number of benzene rings is 1. The van der Waals surface area contributed by atoms with Crippen molar-refractivity contribution in [3.8, 4) is 11.4 Å². The number of anilines is 1. The number of hydrogen-bond acceptors (Lipinski definition) is 6. The summed E-state index contributed by atoms with van der Waals surface area (Å²) in [6.45, 7) is 1.91. The Bertz CT molecular complexity index is 582. The molecule has 2 aromatic rings. The largest absolute Gasteiger partial charge is 0.368 e. The SMILES string of the molecule is CCc1nc(N)nc(-c2ccc([N+](=O)[O-])cc2)n1. The van der Waals surface area contributed by atoms with E-state index in [9.17, 15) is 10.1 Å². The van der Waals surface area contributed by atoms with Crippen LogP contribution in [0, 0.1) is 10.1 Å². The summed E-state index contributed by atoms with van der Waals surface area (Å²) in [4.78, 5) is 22.3. The van der Waals surface area contributed by atoms with Crippen LogP contribution < -0.4 is 5.73 Å². The number of nitrogens with zero attached hydrogens (tertiary/aromatic N) is 4. The number of hydrogen-bond donors (Lipinski definition) is 1. The molecular weight excluding hydrogens is 234 g/mol. The molecule has 0 aliphatic rings. The first-order chi connectivity index (χ1) is 8.60. The van der Waals surface area contributed by atoms with Crippen molar-refractivity contribution in [2.45, 2.75) is 13.3 Å². The molecule has 0 atom stereocenters. The molecule has 0 amide bonds. The van der Waals surface area contributed by atoms with Crippen LogP contribution in [0.25, 0.3) is 11.4 Å². The van der Waals surface area contributed by atoms with Crippen LogP contribution in [0.2, 0.25) is 0 Å². The third-order valence-corrected chi connectivity index (χ3v) is 2.35. The van der Waals surface area contributed by atoms with Gasteiger partial charge in [-0.05, 0) is 12.1 Å². The van der Waals surface area contributed by atoms with Crippen LogP contribution in [0.4, 0.5) is 11.6 Å². The fourth-order valence-electron chi connectivity index (χ4n) is 1.46. The first-order valence-corrected chi connectivity index (χ1v) is 5.35. The van der Waals surface area contributed by atoms with Crippen molar-refractivity contribution in [3.63, 3.8) is 0 Å². The van der Waals surface area contributed by atoms with Crippen molar-refractivity contribution in [2.75, 3.05) is 5.73 Å². The summed E-state index contributed by atoms with van der Waals surface area (Å²) >= 11 is 0. The lowest BCUT2D eigenvalue weighted by Crippen LogP contribution is -2.04. The fourth-order valence-corrected chi connectivity index (χ4v) is 1.46. The minimum absolute atomic E-state index is 0.0245. The van der Waals surface area contributed by atoms with Gasteiger partial charge < -0.3 is 5.73 Å². The lowest BCUT2D eigenvalue weighted by molar-refractivity contribution is -0.384. The molecule has 92 valence electrons. The van der Waals surface area contributed by atoms with E-state index in [4.69, 9.17) is 5.73 Å². The average molecular weight is 245 g/mol. The van der Waals surface area contributed by atoms with Crippen LogP contribution in [0.15, 0.2) is 24.3 Å². The molecule has 1 aromatic heterocycles. The number of aromatic nitrogens is 3. The number of non-ortho nitro benzene ring substituents is 1. The van der Waals surface area contributed by atoms with Gasteiger partial charge in [-0.2, -0.15) is 9.97 Å². The van der Waals surface area contributed by atoms with Gasteiger partial charge in [-0.3, -0.25) is 10.1 Å². The molecule has 0 fully saturated rings. The van der Waals surface area contributed by atoms with E-state index in [1.54, 1.807) is 12.1 Å². The van der Waals surface area contributed by atoms with Gasteiger partial charge in [0.25, 0.3) is 5.69 Å². The van der Waals surface area contributed by atoms with Gasteiger partial charge in [0.15, 0.2) is 5.82 Å². The van der Waals surface area contributed by atoms with Crippen LogP contribution in [0.3, 0.4) is 0 Å². The highest BCUT2D eigenvalue weighted by Crippen LogP contribution is 2.19. The van der Waals surface area contributed by atoms with E-state index in [0.717, 1.165) is 0 Å². The predicted octanol–water partition coefficient (Wildman–Crippen LogP) is 1.59. The van der Waals surface area contributed by atoms with Crippen LogP contribution in [0.1, 0.15) is 12.7 Å². The Morgan fingerprint density at radius 2 is 1.89 bits per heavy atom. The van der Waals surface area contributed by atoms with Crippen LogP contribution in [-0.2, 0) is 6.42 Å². The van der Waals surface area contributed by atoms with E-state index in [2.05, 4.69) is 15.0 Å². The highest BCUT2D eigenvalue weighted by Gasteiger charge is 2.08. The third-order valence-electron chi connectivity index (χ3n) is 2.35. The Balaban J connectivity index is 2.42. The predicted molar refractivity (Wildman–Crippen MR) is 65.7 cm³/mol. The summed E-state index contributed by atoms with van der Waals surface area (Å²) in [7, 11) is 0. The molecule has 0 aliphatic carbocycles. The average Bonchev–Trinajstić information content (AvgIpc) is 2.38. The summed E-state index contributed by atoms with van der Waals surface area (Å²) in [5, 5.41) is 10.5. The van der Waals surface area contributed by atoms with Gasteiger partial charge >= 0.3 is 0 Å². The van der Waals surface area contributed by atoms with Gasteiger partial charge in [0.1, 0.15) is 5.82 Å². The van der Waals surface area contributed by atoms with Crippen molar-refractivity contribution < 1.29 is 4.92 Å². The summed E-state index contributed by atoms with van der Waals surface area (Å²) in [5.74, 6) is 1.17. The monoisotopic (exact) mass is 245 g/mol. The van der Waals surface area contributed by atoms with E-state index in [1.165, 1.54) is 12.1 Å². The Labute approximate surface area is 103 Å². The Kier molecular flexibility index (Phi) is 3.13. The van der Waals surface area contributed by atoms with Gasteiger partial charge in [-0.25, -0.2) is 4.98 Å². The maximum Gasteiger partial charge on any atom is 0.269 e. The summed E-state index contributed by atoms with van der Waals surface area (Å²) < 4.78 is 0. The number of nitro groups is 1. The van der Waals surface area contributed by atoms with Crippen molar-refractivity contribution >= 4 is 11.6 Å². The first-order valence-electron chi connectivity index (χ1n) is 5.35. The van der Waals surface area contributed by atoms with Crippen LogP contribution in [-0.4, -0.2) is 19.9 Å². The number of aryl methyl sites for hydroxylation is 1. The third kappa shape index (κ3) is 2.40. The van der Waals surface area contributed by atoms with E-state index < -0.39 is 4.92 Å². The van der Waals surface area contributed by atoms with E-state index in [1.807, 2.05) is 6.92 Å². The van der Waals surface area contributed by atoms with Gasteiger partial charge in [-0.15, -0.1) is 0 Å². The van der Waals surface area contributed by atoms with Crippen molar-refractivity contribution in [1.29, 1.82) is 0 Å². The zero-order valence-electron chi connectivity index (χ0n) is 9.70. The van der Waals surface area contributed by atoms with Gasteiger partial charge in [0.05, 0.1) is 4.92 Å². The fraction of sp³-hybridized carbons (Fsp3) is 0.182. The van der Waals surface area contributed by atoms with Crippen LogP contribution >= 0.6 is 0 Å². The van der Waals surface area contributed by atoms with Crippen molar-refractivity contribution in [2.24, 2.45) is 0 Å². The summed E-state index contributed by atoms with van der Waals surface area (Å²) in [6.07, 6.45) is 0.646. The Morgan fingerprint density at radius 3 is 2.44 bits per heavy atom. The van der Waals surface area contributed by atoms with Crippen molar-refractivity contribution in [1.82, 2.24) is 15.0 Å². The normalized spacial score (nSPS) is 10.3. The number of nitro benzene ring substituents is 1. The zero-order chi connectivity index (χ0) is 13.1. The molecule has 2 N–H and O–H groups in total. The lowest BCUT2D eigenvalue weighted by atomic mass is 10.2. The van der Waals surface area contributed by atoms with E-state index in [-0.39, 0.29) is 11.6 Å². The molecule has 1 heterocycles. The molecule has 18 heavy (non-hydrogen) atoms. The molecule has 0 radical (unpaired) electrons. The Hall–Kier alpha value is -2.57. The van der Waals surface area contributed by atoms with E-state index >= 15 is 0 Å². The second-order valence-electron chi connectivity index (χ2n) is 3.59. The van der Waals surface area contributed by atoms with E-state index in [0.29, 0.717) is 23.6 Å². The van der Waals surface area contributed by atoms with Crippen molar-refractivity contribution in [3.05, 3.63) is 40.2 Å². The molecule has 0 bridgehead atoms. The number of nitrogens with two attached hydrogens (primary N) is 1. The first kappa shape index (κ1) is 11.9. The highest BCUT2D eigenvalue weighted by molar-refractivity contribution is 5.58. The topological polar surface area (TPSA) is 108 Å². The number of nitrogen functional groups attached to an aromatic ring is 1. The van der Waals surface area contributed by atoms with Gasteiger partial charge in [0, 0.05) is 24.1 Å². The highest BCUT2D eigenvalue weighted by atomic mass is 16.6. The molecule has 0 saturated carbocycles. The molecule has 1 aromatic carbocycles. The minimum Gasteiger partial charge on any atom is -0.368 e. The molecule has 0 unspecified atom stereocenters. The maximum absolute atomic E-state index is 10.5. The maximum atomic E-state index is 10.5. The van der Waals surface area contributed by atoms with Gasteiger partial charge in [0.2, 0.25) is 5.95 Å². The molecule has 2 rings (SSSR count). The number of rotatable bonds is 3. The Morgan fingerprint density at radius 1 is 1.22 bits per heavy atom. The quantitative estimate of drug-likeness (QED) is 0.649.